The van der Waals surface area contributed by atoms with E-state index >= 15 is 0 Å². The number of rotatable bonds is 1. The Hall–Kier alpha value is -2.17. The third kappa shape index (κ3) is 3.35. The first-order chi connectivity index (χ1) is 10.3. The van der Waals surface area contributed by atoms with Gasteiger partial charge >= 0.3 is 11.9 Å². The van der Waals surface area contributed by atoms with Crippen molar-refractivity contribution in [2.24, 2.45) is 5.92 Å². The summed E-state index contributed by atoms with van der Waals surface area (Å²) < 4.78 is 10.6. The van der Waals surface area contributed by atoms with Gasteiger partial charge in [0.2, 0.25) is 0 Å². The van der Waals surface area contributed by atoms with E-state index in [4.69, 9.17) is 9.47 Å². The Morgan fingerprint density at radius 1 is 1.23 bits per heavy atom. The lowest BCUT2D eigenvalue weighted by Crippen LogP contribution is -2.28. The van der Waals surface area contributed by atoms with Crippen molar-refractivity contribution in [3.8, 4) is 0 Å². The van der Waals surface area contributed by atoms with Crippen molar-refractivity contribution in [1.29, 1.82) is 0 Å². The first kappa shape index (κ1) is 16.2. The zero-order chi connectivity index (χ0) is 16.4. The number of carbonyl (C=O) groups is 3. The van der Waals surface area contributed by atoms with Crippen LogP contribution >= 0.6 is 0 Å². The molecule has 1 aliphatic carbocycles. The maximum absolute atomic E-state index is 12.2. The Bertz CT molecular complexity index is 572. The van der Waals surface area contributed by atoms with Gasteiger partial charge in [0.25, 0.3) is 0 Å². The van der Waals surface area contributed by atoms with Crippen molar-refractivity contribution >= 4 is 17.7 Å². The minimum absolute atomic E-state index is 0.108. The van der Waals surface area contributed by atoms with Crippen LogP contribution in [0.5, 0.6) is 0 Å². The van der Waals surface area contributed by atoms with Crippen molar-refractivity contribution in [2.75, 3.05) is 0 Å². The van der Waals surface area contributed by atoms with Gasteiger partial charge in [-0.15, -0.1) is 0 Å². The average molecular weight is 304 g/mol. The van der Waals surface area contributed by atoms with Gasteiger partial charge in [0.1, 0.15) is 12.2 Å². The van der Waals surface area contributed by atoms with Gasteiger partial charge in [-0.1, -0.05) is 19.7 Å². The van der Waals surface area contributed by atoms with Crippen LogP contribution in [0.2, 0.25) is 0 Å². The molecule has 5 nitrogen and oxygen atoms in total. The van der Waals surface area contributed by atoms with E-state index in [2.05, 4.69) is 19.7 Å². The predicted octanol–water partition coefficient (Wildman–Crippen LogP) is 2.27. The molecule has 2 aliphatic rings. The molecule has 0 spiro atoms. The van der Waals surface area contributed by atoms with E-state index in [1.165, 1.54) is 6.92 Å². The lowest BCUT2D eigenvalue weighted by atomic mass is 9.83. The second kappa shape index (κ2) is 6.30. The summed E-state index contributed by atoms with van der Waals surface area (Å²) >= 11 is 0. The molecule has 0 N–H and O–H groups in total. The molecule has 1 saturated heterocycles. The van der Waals surface area contributed by atoms with Crippen molar-refractivity contribution < 1.29 is 23.9 Å². The molecule has 0 amide bonds. The molecule has 5 heteroatoms. The van der Waals surface area contributed by atoms with Gasteiger partial charge in [-0.05, 0) is 24.0 Å². The number of ketones is 1. The first-order valence-electron chi connectivity index (χ1n) is 7.25. The van der Waals surface area contributed by atoms with E-state index in [1.807, 2.05) is 0 Å². The molecule has 1 saturated carbocycles. The summed E-state index contributed by atoms with van der Waals surface area (Å²) in [5.74, 6) is -1.37. The molecule has 0 radical (unpaired) electrons. The SMILES string of the molecule is C=C1CC[C@@H](OC(C)=O)C(=C)C[C@@H]2OC(=O)C(=C)[C@H]2CC1=O. The van der Waals surface area contributed by atoms with Crippen LogP contribution in [0.3, 0.4) is 0 Å². The van der Waals surface area contributed by atoms with E-state index in [0.717, 1.165) is 0 Å². The molecule has 0 bridgehead atoms. The minimum atomic E-state index is -0.506. The molecule has 22 heavy (non-hydrogen) atoms. The van der Waals surface area contributed by atoms with Crippen molar-refractivity contribution in [1.82, 2.24) is 0 Å². The Kier molecular flexibility index (Phi) is 4.64. The summed E-state index contributed by atoms with van der Waals surface area (Å²) in [6.07, 6.45) is 0.407. The van der Waals surface area contributed by atoms with Crippen LogP contribution in [0, 0.1) is 5.92 Å². The first-order valence-corrected chi connectivity index (χ1v) is 7.25. The Labute approximate surface area is 129 Å². The number of Topliss-reactive ketones (excluding diaryl/α,β-unsaturated/α-hetero) is 1. The molecule has 0 aromatic carbocycles. The van der Waals surface area contributed by atoms with Crippen LogP contribution in [0.1, 0.15) is 32.6 Å². The topological polar surface area (TPSA) is 69.7 Å². The summed E-state index contributed by atoms with van der Waals surface area (Å²) in [5.41, 5.74) is 1.44. The predicted molar refractivity (Wildman–Crippen MR) is 79.8 cm³/mol. The molecule has 0 unspecified atom stereocenters. The Morgan fingerprint density at radius 3 is 2.55 bits per heavy atom. The van der Waals surface area contributed by atoms with Gasteiger partial charge in [0, 0.05) is 31.3 Å². The van der Waals surface area contributed by atoms with E-state index in [1.54, 1.807) is 0 Å². The highest BCUT2D eigenvalue weighted by atomic mass is 16.6. The number of hydrogen-bond acceptors (Lipinski definition) is 5. The minimum Gasteiger partial charge on any atom is -0.458 e. The van der Waals surface area contributed by atoms with Crippen LogP contribution in [0.25, 0.3) is 0 Å². The normalized spacial score (nSPS) is 29.9. The van der Waals surface area contributed by atoms with Gasteiger partial charge in [0.15, 0.2) is 5.78 Å². The van der Waals surface area contributed by atoms with Crippen LogP contribution in [0.4, 0.5) is 0 Å². The number of fused-ring (bicyclic) bond motifs is 1. The van der Waals surface area contributed by atoms with E-state index in [9.17, 15) is 14.4 Å². The Balaban J connectivity index is 2.26. The quantitative estimate of drug-likeness (QED) is 0.422. The fourth-order valence-electron chi connectivity index (χ4n) is 2.84. The standard InChI is InChI=1S/C17H20O5/c1-9-5-6-15(21-12(4)18)10(2)7-16-13(8-14(9)19)11(3)17(20)22-16/h13,15-16H,1-3,5-8H2,4H3/t13-,15-,16+/m1/s1. The van der Waals surface area contributed by atoms with Gasteiger partial charge in [-0.2, -0.15) is 0 Å². The Morgan fingerprint density at radius 2 is 1.91 bits per heavy atom. The molecule has 3 atom stereocenters. The molecule has 0 aromatic heterocycles. The summed E-state index contributed by atoms with van der Waals surface area (Å²) in [7, 11) is 0. The lowest BCUT2D eigenvalue weighted by molar-refractivity contribution is -0.146. The number of hydrogen-bond donors (Lipinski definition) is 0. The average Bonchev–Trinajstić information content (AvgIpc) is 2.69. The molecular formula is C17H20O5. The van der Waals surface area contributed by atoms with Crippen molar-refractivity contribution in [3.63, 3.8) is 0 Å². The fourth-order valence-corrected chi connectivity index (χ4v) is 2.84. The highest BCUT2D eigenvalue weighted by Gasteiger charge is 2.41. The van der Waals surface area contributed by atoms with Gasteiger partial charge in [0.05, 0.1) is 0 Å². The van der Waals surface area contributed by atoms with Gasteiger partial charge in [-0.25, -0.2) is 4.79 Å². The smallest absolute Gasteiger partial charge is 0.334 e. The molecule has 0 aromatic rings. The third-order valence-electron chi connectivity index (χ3n) is 4.15. The van der Waals surface area contributed by atoms with E-state index < -0.39 is 24.1 Å². The maximum Gasteiger partial charge on any atom is 0.334 e. The van der Waals surface area contributed by atoms with Gasteiger partial charge in [-0.3, -0.25) is 9.59 Å². The number of allylic oxidation sites excluding steroid dienone is 1. The van der Waals surface area contributed by atoms with Crippen LogP contribution in [0.15, 0.2) is 36.5 Å². The fraction of sp³-hybridized carbons (Fsp3) is 0.471. The highest BCUT2D eigenvalue weighted by Crippen LogP contribution is 2.36. The number of carbonyl (C=O) groups excluding carboxylic acids is 3. The second-order valence-corrected chi connectivity index (χ2v) is 5.81. The molecule has 2 rings (SSSR count). The third-order valence-corrected chi connectivity index (χ3v) is 4.15. The number of ether oxygens (including phenoxy) is 2. The molecule has 1 heterocycles. The molecule has 1 aliphatic heterocycles. The molecule has 2 fully saturated rings. The zero-order valence-electron chi connectivity index (χ0n) is 12.7. The summed E-state index contributed by atoms with van der Waals surface area (Å²) in [6.45, 7) is 12.8. The monoisotopic (exact) mass is 304 g/mol. The molecular weight excluding hydrogens is 284 g/mol. The highest BCUT2D eigenvalue weighted by molar-refractivity contribution is 5.97. The van der Waals surface area contributed by atoms with Crippen LogP contribution in [-0.2, 0) is 23.9 Å². The van der Waals surface area contributed by atoms with E-state index in [0.29, 0.717) is 36.0 Å². The van der Waals surface area contributed by atoms with Crippen LogP contribution < -0.4 is 0 Å². The maximum atomic E-state index is 12.2. The lowest BCUT2D eigenvalue weighted by Gasteiger charge is -2.25. The van der Waals surface area contributed by atoms with E-state index in [-0.39, 0.29) is 18.1 Å². The second-order valence-electron chi connectivity index (χ2n) is 5.81. The van der Waals surface area contributed by atoms with Crippen LogP contribution in [-0.4, -0.2) is 29.9 Å². The van der Waals surface area contributed by atoms with Gasteiger partial charge < -0.3 is 9.47 Å². The molecule has 118 valence electrons. The summed E-state index contributed by atoms with van der Waals surface area (Å²) in [4.78, 5) is 35.2. The summed E-state index contributed by atoms with van der Waals surface area (Å²) in [5, 5.41) is 0. The van der Waals surface area contributed by atoms with Crippen molar-refractivity contribution in [2.45, 2.75) is 44.8 Å². The number of esters is 2. The largest absolute Gasteiger partial charge is 0.458 e. The zero-order valence-corrected chi connectivity index (χ0v) is 12.7. The summed E-state index contributed by atoms with van der Waals surface area (Å²) in [6, 6.07) is 0. The van der Waals surface area contributed by atoms with Crippen molar-refractivity contribution in [3.05, 3.63) is 36.5 Å².